The SMILES string of the molecule is Nc1[nH]nc2nc(-c3ccc4c(c3)OCCO4)c3c(c12)CCCC3. The van der Waals surface area contributed by atoms with Crippen molar-refractivity contribution in [3.05, 3.63) is 29.3 Å². The van der Waals surface area contributed by atoms with Crippen LogP contribution in [0.25, 0.3) is 22.3 Å². The molecule has 6 nitrogen and oxygen atoms in total. The number of aromatic amines is 1. The van der Waals surface area contributed by atoms with Crippen molar-refractivity contribution in [2.45, 2.75) is 25.7 Å². The molecule has 2 aromatic heterocycles. The largest absolute Gasteiger partial charge is 0.486 e. The number of anilines is 1. The van der Waals surface area contributed by atoms with Gasteiger partial charge in [-0.25, -0.2) is 4.98 Å². The molecule has 2 aliphatic rings. The summed E-state index contributed by atoms with van der Waals surface area (Å²) < 4.78 is 11.3. The van der Waals surface area contributed by atoms with Crippen molar-refractivity contribution in [1.82, 2.24) is 15.2 Å². The molecule has 0 saturated carbocycles. The highest BCUT2D eigenvalue weighted by Crippen LogP contribution is 2.39. The fraction of sp³-hybridized carbons (Fsp3) is 0.333. The molecule has 3 aromatic rings. The molecule has 24 heavy (non-hydrogen) atoms. The van der Waals surface area contributed by atoms with E-state index < -0.39 is 0 Å². The summed E-state index contributed by atoms with van der Waals surface area (Å²) in [6, 6.07) is 6.03. The number of fused-ring (bicyclic) bond motifs is 4. The number of nitrogens with two attached hydrogens (primary N) is 1. The normalized spacial score (nSPS) is 16.2. The van der Waals surface area contributed by atoms with E-state index in [9.17, 15) is 0 Å². The Bertz CT molecular complexity index is 948. The fourth-order valence-electron chi connectivity index (χ4n) is 3.77. The zero-order chi connectivity index (χ0) is 16.1. The van der Waals surface area contributed by atoms with Crippen LogP contribution < -0.4 is 15.2 Å². The topological polar surface area (TPSA) is 86.1 Å². The first-order valence-electron chi connectivity index (χ1n) is 8.36. The van der Waals surface area contributed by atoms with Gasteiger partial charge in [0.1, 0.15) is 19.0 Å². The maximum Gasteiger partial charge on any atom is 0.183 e. The molecule has 6 heteroatoms. The van der Waals surface area contributed by atoms with Gasteiger partial charge >= 0.3 is 0 Å². The van der Waals surface area contributed by atoms with Crippen LogP contribution in [0.4, 0.5) is 5.82 Å². The lowest BCUT2D eigenvalue weighted by Crippen LogP contribution is -2.15. The number of ether oxygens (including phenoxy) is 2. The van der Waals surface area contributed by atoms with E-state index in [0.717, 1.165) is 41.0 Å². The second kappa shape index (κ2) is 5.12. The van der Waals surface area contributed by atoms with Gasteiger partial charge in [0.2, 0.25) is 0 Å². The monoisotopic (exact) mass is 322 g/mol. The Balaban J connectivity index is 1.75. The Morgan fingerprint density at radius 3 is 2.67 bits per heavy atom. The molecule has 1 aromatic carbocycles. The minimum absolute atomic E-state index is 0.580. The second-order valence-electron chi connectivity index (χ2n) is 6.32. The van der Waals surface area contributed by atoms with Gasteiger partial charge in [0.25, 0.3) is 0 Å². The van der Waals surface area contributed by atoms with E-state index in [1.165, 1.54) is 24.0 Å². The average Bonchev–Trinajstić information content (AvgIpc) is 3.02. The molecular formula is C18H18N4O2. The molecule has 5 rings (SSSR count). The third-order valence-electron chi connectivity index (χ3n) is 4.86. The summed E-state index contributed by atoms with van der Waals surface area (Å²) in [5, 5.41) is 8.15. The van der Waals surface area contributed by atoms with E-state index in [2.05, 4.69) is 10.2 Å². The third-order valence-corrected chi connectivity index (χ3v) is 4.86. The summed E-state index contributed by atoms with van der Waals surface area (Å²) in [7, 11) is 0. The number of aromatic nitrogens is 3. The van der Waals surface area contributed by atoms with Gasteiger partial charge in [-0.15, -0.1) is 0 Å². The van der Waals surface area contributed by atoms with Crippen molar-refractivity contribution in [2.24, 2.45) is 0 Å². The summed E-state index contributed by atoms with van der Waals surface area (Å²) in [6.45, 7) is 1.18. The predicted octanol–water partition coefficient (Wildman–Crippen LogP) is 2.86. The molecule has 3 N–H and O–H groups in total. The Hall–Kier alpha value is -2.76. The number of nitrogens with zero attached hydrogens (tertiary/aromatic N) is 2. The number of H-pyrrole nitrogens is 1. The van der Waals surface area contributed by atoms with Gasteiger partial charge in [0, 0.05) is 5.56 Å². The van der Waals surface area contributed by atoms with Crippen molar-refractivity contribution >= 4 is 16.9 Å². The molecule has 1 aliphatic carbocycles. The summed E-state index contributed by atoms with van der Waals surface area (Å²) in [6.07, 6.45) is 4.40. The number of benzene rings is 1. The lowest BCUT2D eigenvalue weighted by atomic mass is 9.87. The zero-order valence-corrected chi connectivity index (χ0v) is 13.3. The van der Waals surface area contributed by atoms with Gasteiger partial charge in [-0.1, -0.05) is 0 Å². The van der Waals surface area contributed by atoms with Crippen molar-refractivity contribution in [1.29, 1.82) is 0 Å². The number of nitrogens with one attached hydrogen (secondary N) is 1. The number of aryl methyl sites for hydroxylation is 1. The summed E-state index contributed by atoms with van der Waals surface area (Å²) >= 11 is 0. The van der Waals surface area contributed by atoms with Crippen LogP contribution in [0.5, 0.6) is 11.5 Å². The summed E-state index contributed by atoms with van der Waals surface area (Å²) in [4.78, 5) is 4.81. The van der Waals surface area contributed by atoms with Crippen LogP contribution in [0, 0.1) is 0 Å². The quantitative estimate of drug-likeness (QED) is 0.719. The maximum atomic E-state index is 6.09. The Labute approximate surface area is 139 Å². The molecular weight excluding hydrogens is 304 g/mol. The van der Waals surface area contributed by atoms with Crippen molar-refractivity contribution in [3.63, 3.8) is 0 Å². The van der Waals surface area contributed by atoms with Crippen LogP contribution in [0.1, 0.15) is 24.0 Å². The Morgan fingerprint density at radius 1 is 1.00 bits per heavy atom. The number of hydrogen-bond acceptors (Lipinski definition) is 5. The highest BCUT2D eigenvalue weighted by atomic mass is 16.6. The molecule has 1 aliphatic heterocycles. The molecule has 0 bridgehead atoms. The number of rotatable bonds is 1. The average molecular weight is 322 g/mol. The molecule has 122 valence electrons. The van der Waals surface area contributed by atoms with Crippen LogP contribution in [0.2, 0.25) is 0 Å². The zero-order valence-electron chi connectivity index (χ0n) is 13.3. The summed E-state index contributed by atoms with van der Waals surface area (Å²) in [5.74, 6) is 2.19. The molecule has 0 saturated heterocycles. The summed E-state index contributed by atoms with van der Waals surface area (Å²) in [5.41, 5.74) is 11.4. The van der Waals surface area contributed by atoms with Gasteiger partial charge in [0.15, 0.2) is 17.1 Å². The van der Waals surface area contributed by atoms with Crippen LogP contribution >= 0.6 is 0 Å². The number of hydrogen-bond donors (Lipinski definition) is 2. The lowest BCUT2D eigenvalue weighted by Gasteiger charge is -2.22. The lowest BCUT2D eigenvalue weighted by molar-refractivity contribution is 0.171. The first-order chi connectivity index (χ1) is 11.8. The smallest absolute Gasteiger partial charge is 0.183 e. The molecule has 0 spiro atoms. The Kier molecular flexibility index (Phi) is 2.92. The molecule has 0 radical (unpaired) electrons. The molecule has 0 atom stereocenters. The molecule has 3 heterocycles. The Morgan fingerprint density at radius 2 is 1.79 bits per heavy atom. The number of pyridine rings is 1. The van der Waals surface area contributed by atoms with Crippen LogP contribution in [0.3, 0.4) is 0 Å². The molecule has 0 unspecified atom stereocenters. The van der Waals surface area contributed by atoms with Crippen LogP contribution in [0.15, 0.2) is 18.2 Å². The van der Waals surface area contributed by atoms with Gasteiger partial charge in [-0.3, -0.25) is 5.10 Å². The molecule has 0 amide bonds. The van der Waals surface area contributed by atoms with Gasteiger partial charge in [-0.05, 0) is 55.0 Å². The van der Waals surface area contributed by atoms with Crippen LogP contribution in [-0.2, 0) is 12.8 Å². The van der Waals surface area contributed by atoms with E-state index in [-0.39, 0.29) is 0 Å². The van der Waals surface area contributed by atoms with E-state index in [1.807, 2.05) is 18.2 Å². The first kappa shape index (κ1) is 13.7. The second-order valence-corrected chi connectivity index (χ2v) is 6.32. The fourth-order valence-corrected chi connectivity index (χ4v) is 3.77. The van der Waals surface area contributed by atoms with E-state index in [0.29, 0.717) is 24.7 Å². The number of nitrogen functional groups attached to an aromatic ring is 1. The van der Waals surface area contributed by atoms with E-state index >= 15 is 0 Å². The van der Waals surface area contributed by atoms with Crippen molar-refractivity contribution < 1.29 is 9.47 Å². The van der Waals surface area contributed by atoms with Gasteiger partial charge in [0.05, 0.1) is 11.1 Å². The highest BCUT2D eigenvalue weighted by molar-refractivity contribution is 5.93. The minimum atomic E-state index is 0.580. The first-order valence-corrected chi connectivity index (χ1v) is 8.36. The van der Waals surface area contributed by atoms with Gasteiger partial charge in [-0.2, -0.15) is 5.10 Å². The highest BCUT2D eigenvalue weighted by Gasteiger charge is 2.23. The van der Waals surface area contributed by atoms with Crippen molar-refractivity contribution in [3.8, 4) is 22.8 Å². The minimum Gasteiger partial charge on any atom is -0.486 e. The predicted molar refractivity (Wildman–Crippen MR) is 91.4 cm³/mol. The van der Waals surface area contributed by atoms with E-state index in [1.54, 1.807) is 0 Å². The van der Waals surface area contributed by atoms with Crippen molar-refractivity contribution in [2.75, 3.05) is 18.9 Å². The molecule has 0 fully saturated rings. The van der Waals surface area contributed by atoms with E-state index in [4.69, 9.17) is 20.2 Å². The van der Waals surface area contributed by atoms with Gasteiger partial charge < -0.3 is 15.2 Å². The third kappa shape index (κ3) is 1.95. The standard InChI is InChI=1S/C18H18N4O2/c19-17-15-11-3-1-2-4-12(11)16(20-18(15)22-21-17)10-5-6-13-14(9-10)24-8-7-23-13/h5-6,9H,1-4,7-8H2,(H3,19,20,21,22). The van der Waals surface area contributed by atoms with Crippen LogP contribution in [-0.4, -0.2) is 28.4 Å². The maximum absolute atomic E-state index is 6.09.